The fraction of sp³-hybridized carbons (Fsp3) is 0.278. The van der Waals surface area contributed by atoms with Gasteiger partial charge in [-0.1, -0.05) is 50.3 Å². The van der Waals surface area contributed by atoms with E-state index < -0.39 is 0 Å². The Labute approximate surface area is 181 Å². The van der Waals surface area contributed by atoms with Gasteiger partial charge in [0.25, 0.3) is 0 Å². The maximum atomic E-state index is 6.21. The van der Waals surface area contributed by atoms with E-state index in [0.29, 0.717) is 47.2 Å². The number of rotatable bonds is 8. The second kappa shape index (κ2) is 9.45. The molecule has 2 aromatic carbocycles. The van der Waals surface area contributed by atoms with E-state index in [-0.39, 0.29) is 0 Å². The predicted octanol–water partition coefficient (Wildman–Crippen LogP) is 4.96. The van der Waals surface area contributed by atoms with Crippen LogP contribution in [0.4, 0.5) is 5.95 Å². The highest BCUT2D eigenvalue weighted by molar-refractivity contribution is 9.10. The van der Waals surface area contributed by atoms with E-state index in [9.17, 15) is 0 Å². The number of nitrogens with zero attached hydrogens (tertiary/aromatic N) is 4. The molecule has 0 bridgehead atoms. The molecule has 3 rings (SSSR count). The van der Waals surface area contributed by atoms with Gasteiger partial charge < -0.3 is 14.8 Å². The predicted molar refractivity (Wildman–Crippen MR) is 112 cm³/mol. The van der Waals surface area contributed by atoms with Gasteiger partial charge in [-0.3, -0.25) is 0 Å². The highest BCUT2D eigenvalue weighted by Crippen LogP contribution is 2.35. The molecular weight excluding hydrogens is 469 g/mol. The molecule has 0 saturated carbocycles. The summed E-state index contributed by atoms with van der Waals surface area (Å²) in [6, 6.07) is 9.06. The number of halogens is 3. The molecule has 0 aliphatic carbocycles. The molecule has 7 nitrogen and oxygen atoms in total. The Kier molecular flexibility index (Phi) is 6.98. The van der Waals surface area contributed by atoms with Crippen molar-refractivity contribution in [3.63, 3.8) is 0 Å². The zero-order valence-electron chi connectivity index (χ0n) is 15.2. The highest BCUT2D eigenvalue weighted by atomic mass is 79.9. The molecule has 1 aromatic heterocycles. The molecule has 148 valence electrons. The van der Waals surface area contributed by atoms with Gasteiger partial charge in [0.1, 0.15) is 6.61 Å². The van der Waals surface area contributed by atoms with Crippen LogP contribution < -0.4 is 14.8 Å². The van der Waals surface area contributed by atoms with E-state index >= 15 is 0 Å². The Hall–Kier alpha value is -2.03. The van der Waals surface area contributed by atoms with Crippen LogP contribution in [-0.2, 0) is 19.7 Å². The largest absolute Gasteiger partial charge is 0.493 e. The van der Waals surface area contributed by atoms with Crippen LogP contribution in [0.3, 0.4) is 0 Å². The van der Waals surface area contributed by atoms with Crippen molar-refractivity contribution in [2.45, 2.75) is 26.6 Å². The number of aromatic nitrogens is 4. The number of anilines is 1. The van der Waals surface area contributed by atoms with Crippen LogP contribution in [0.1, 0.15) is 18.1 Å². The molecule has 0 aliphatic rings. The molecule has 0 radical (unpaired) electrons. The summed E-state index contributed by atoms with van der Waals surface area (Å²) < 4.78 is 14.0. The second-order valence-electron chi connectivity index (χ2n) is 5.79. The molecule has 0 unspecified atom stereocenters. The zero-order valence-corrected chi connectivity index (χ0v) is 18.3. The lowest BCUT2D eigenvalue weighted by Gasteiger charge is -2.15. The number of hydrogen-bond donors (Lipinski definition) is 1. The number of tetrazole rings is 1. The number of hydrogen-bond acceptors (Lipinski definition) is 6. The number of benzene rings is 2. The standard InChI is InChI=1S/C18H18BrCl2N5O2/c1-3-26-18(23-24-25-26)22-9-12-6-16(27-2)17(8-14(12)19)28-10-11-4-5-13(20)7-15(11)21/h4-8H,3,9-10H2,1-2H3,(H,22,23,25). The Morgan fingerprint density at radius 3 is 2.68 bits per heavy atom. The molecule has 3 aromatic rings. The highest BCUT2D eigenvalue weighted by Gasteiger charge is 2.13. The second-order valence-corrected chi connectivity index (χ2v) is 7.49. The quantitative estimate of drug-likeness (QED) is 0.485. The van der Waals surface area contributed by atoms with Gasteiger partial charge in [-0.2, -0.15) is 0 Å². The third-order valence-electron chi connectivity index (χ3n) is 4.00. The maximum absolute atomic E-state index is 6.21. The molecule has 28 heavy (non-hydrogen) atoms. The normalized spacial score (nSPS) is 10.8. The van der Waals surface area contributed by atoms with Crippen LogP contribution >= 0.6 is 39.1 Å². The van der Waals surface area contributed by atoms with E-state index in [4.69, 9.17) is 32.7 Å². The first-order valence-electron chi connectivity index (χ1n) is 8.45. The minimum absolute atomic E-state index is 0.293. The topological polar surface area (TPSA) is 74.1 Å². The van der Waals surface area contributed by atoms with E-state index in [0.717, 1.165) is 15.6 Å². The first-order valence-corrected chi connectivity index (χ1v) is 9.99. The van der Waals surface area contributed by atoms with E-state index in [1.807, 2.05) is 25.1 Å². The van der Waals surface area contributed by atoms with E-state index in [1.54, 1.807) is 23.9 Å². The first kappa shape index (κ1) is 20.7. The van der Waals surface area contributed by atoms with Gasteiger partial charge in [0.2, 0.25) is 5.95 Å². The van der Waals surface area contributed by atoms with Crippen molar-refractivity contribution in [2.75, 3.05) is 12.4 Å². The first-order chi connectivity index (χ1) is 13.5. The monoisotopic (exact) mass is 485 g/mol. The summed E-state index contributed by atoms with van der Waals surface area (Å²) >= 11 is 15.7. The molecule has 1 N–H and O–H groups in total. The average Bonchev–Trinajstić information content (AvgIpc) is 3.14. The molecule has 0 fully saturated rings. The van der Waals surface area contributed by atoms with Crippen LogP contribution in [0.5, 0.6) is 11.5 Å². The lowest BCUT2D eigenvalue weighted by atomic mass is 10.2. The van der Waals surface area contributed by atoms with E-state index in [2.05, 4.69) is 36.8 Å². The van der Waals surface area contributed by atoms with Crippen LogP contribution in [0.15, 0.2) is 34.8 Å². The smallest absolute Gasteiger partial charge is 0.243 e. The lowest BCUT2D eigenvalue weighted by Crippen LogP contribution is -2.08. The van der Waals surface area contributed by atoms with E-state index in [1.165, 1.54) is 0 Å². The van der Waals surface area contributed by atoms with Gasteiger partial charge in [0.05, 0.1) is 7.11 Å². The summed E-state index contributed by atoms with van der Waals surface area (Å²) in [6.45, 7) is 3.46. The van der Waals surface area contributed by atoms with Crippen LogP contribution in [0, 0.1) is 0 Å². The fourth-order valence-corrected chi connectivity index (χ4v) is 3.42. The summed E-state index contributed by atoms with van der Waals surface area (Å²) in [4.78, 5) is 0. The van der Waals surface area contributed by atoms with Gasteiger partial charge in [-0.25, -0.2) is 4.68 Å². The fourth-order valence-electron chi connectivity index (χ4n) is 2.50. The average molecular weight is 487 g/mol. The van der Waals surface area contributed by atoms with Crippen molar-refractivity contribution in [3.8, 4) is 11.5 Å². The molecule has 10 heteroatoms. The van der Waals surface area contributed by atoms with Crippen LogP contribution in [-0.4, -0.2) is 27.3 Å². The molecule has 1 heterocycles. The van der Waals surface area contributed by atoms with Crippen molar-refractivity contribution >= 4 is 45.1 Å². The van der Waals surface area contributed by atoms with Crippen molar-refractivity contribution in [3.05, 3.63) is 56.0 Å². The summed E-state index contributed by atoms with van der Waals surface area (Å²) in [7, 11) is 1.60. The zero-order chi connectivity index (χ0) is 20.1. The Bertz CT molecular complexity index is 967. The summed E-state index contributed by atoms with van der Waals surface area (Å²) in [6.07, 6.45) is 0. The van der Waals surface area contributed by atoms with Crippen molar-refractivity contribution in [1.82, 2.24) is 20.2 Å². The summed E-state index contributed by atoms with van der Waals surface area (Å²) in [5.41, 5.74) is 1.81. The molecule has 0 spiro atoms. The molecule has 0 saturated heterocycles. The lowest BCUT2D eigenvalue weighted by molar-refractivity contribution is 0.284. The van der Waals surface area contributed by atoms with Crippen molar-refractivity contribution in [1.29, 1.82) is 0 Å². The Balaban J connectivity index is 1.73. The van der Waals surface area contributed by atoms with Crippen molar-refractivity contribution in [2.24, 2.45) is 0 Å². The van der Waals surface area contributed by atoms with Crippen molar-refractivity contribution < 1.29 is 9.47 Å². The number of methoxy groups -OCH3 is 1. The number of nitrogens with one attached hydrogen (secondary N) is 1. The number of ether oxygens (including phenoxy) is 2. The van der Waals surface area contributed by atoms with Gasteiger partial charge in [-0.15, -0.1) is 0 Å². The minimum Gasteiger partial charge on any atom is -0.493 e. The molecular formula is C18H18BrCl2N5O2. The molecule has 0 aliphatic heterocycles. The molecule has 0 atom stereocenters. The van der Waals surface area contributed by atoms with Gasteiger partial charge in [-0.05, 0) is 47.2 Å². The number of aryl methyl sites for hydroxylation is 1. The molecule has 0 amide bonds. The minimum atomic E-state index is 0.293. The summed E-state index contributed by atoms with van der Waals surface area (Å²) in [5.74, 6) is 1.81. The third-order valence-corrected chi connectivity index (χ3v) is 5.32. The SMILES string of the molecule is CCn1nnnc1NCc1cc(OC)c(OCc2ccc(Cl)cc2Cl)cc1Br. The van der Waals surface area contributed by atoms with Gasteiger partial charge in [0.15, 0.2) is 11.5 Å². The van der Waals surface area contributed by atoms with Crippen LogP contribution in [0.25, 0.3) is 0 Å². The maximum Gasteiger partial charge on any atom is 0.243 e. The van der Waals surface area contributed by atoms with Gasteiger partial charge in [0, 0.05) is 33.2 Å². The Morgan fingerprint density at radius 2 is 1.96 bits per heavy atom. The summed E-state index contributed by atoms with van der Waals surface area (Å²) in [5, 5.41) is 15.9. The third kappa shape index (κ3) is 4.87. The van der Waals surface area contributed by atoms with Gasteiger partial charge >= 0.3 is 0 Å². The Morgan fingerprint density at radius 1 is 1.14 bits per heavy atom. The van der Waals surface area contributed by atoms with Crippen LogP contribution in [0.2, 0.25) is 10.0 Å².